The van der Waals surface area contributed by atoms with Crippen molar-refractivity contribution in [1.29, 1.82) is 0 Å². The summed E-state index contributed by atoms with van der Waals surface area (Å²) < 4.78 is 5.15. The van der Waals surface area contributed by atoms with Gasteiger partial charge in [-0.25, -0.2) is 4.79 Å². The Hall–Kier alpha value is -2.24. The summed E-state index contributed by atoms with van der Waals surface area (Å²) in [5, 5.41) is 2.53. The molecule has 0 aromatic heterocycles. The number of amides is 2. The predicted molar refractivity (Wildman–Crippen MR) is 98.8 cm³/mol. The van der Waals surface area contributed by atoms with Crippen LogP contribution in [0.2, 0.25) is 0 Å². The molecule has 6 heteroatoms. The summed E-state index contributed by atoms with van der Waals surface area (Å²) in [6.45, 7) is 10.4. The minimum Gasteiger partial charge on any atom is -0.444 e. The molecule has 1 aromatic rings. The minimum atomic E-state index is -0.564. The van der Waals surface area contributed by atoms with Crippen LogP contribution >= 0.6 is 0 Å². The van der Waals surface area contributed by atoms with Gasteiger partial charge in [-0.15, -0.1) is 0 Å². The first-order chi connectivity index (χ1) is 11.8. The van der Waals surface area contributed by atoms with Gasteiger partial charge in [0, 0.05) is 31.9 Å². The monoisotopic (exact) mass is 347 g/mol. The first-order valence-corrected chi connectivity index (χ1v) is 8.87. The second kappa shape index (κ2) is 8.23. The number of hydrogen-bond acceptors (Lipinski definition) is 4. The van der Waals surface area contributed by atoms with Crippen molar-refractivity contribution in [3.05, 3.63) is 29.8 Å². The van der Waals surface area contributed by atoms with Crippen molar-refractivity contribution in [1.82, 2.24) is 10.2 Å². The van der Waals surface area contributed by atoms with E-state index in [9.17, 15) is 9.59 Å². The van der Waals surface area contributed by atoms with E-state index in [0.29, 0.717) is 13.1 Å². The minimum absolute atomic E-state index is 0.0273. The molecule has 1 heterocycles. The van der Waals surface area contributed by atoms with Crippen molar-refractivity contribution in [3.63, 3.8) is 0 Å². The highest BCUT2D eigenvalue weighted by Crippen LogP contribution is 2.22. The number of nitrogens with zero attached hydrogens (tertiary/aromatic N) is 2. The molecule has 1 aliphatic heterocycles. The average Bonchev–Trinajstić information content (AvgIpc) is 2.58. The van der Waals surface area contributed by atoms with Crippen LogP contribution in [0.1, 0.15) is 33.3 Å². The normalized spacial score (nSPS) is 15.0. The van der Waals surface area contributed by atoms with E-state index in [-0.39, 0.29) is 12.5 Å². The number of benzene rings is 1. The molecule has 1 aliphatic rings. The van der Waals surface area contributed by atoms with Gasteiger partial charge in [0.15, 0.2) is 0 Å². The number of ether oxygens (including phenoxy) is 1. The molecule has 0 bridgehead atoms. The molecular formula is C19H29N3O3. The lowest BCUT2D eigenvalue weighted by Gasteiger charge is -2.37. The number of anilines is 1. The fourth-order valence-electron chi connectivity index (χ4n) is 2.89. The molecule has 0 spiro atoms. The fraction of sp³-hybridized carbons (Fsp3) is 0.579. The molecule has 1 saturated heterocycles. The van der Waals surface area contributed by atoms with Crippen LogP contribution in [-0.4, -0.2) is 55.2 Å². The second-order valence-corrected chi connectivity index (χ2v) is 7.21. The number of para-hydroxylation sites is 1. The van der Waals surface area contributed by atoms with Crippen molar-refractivity contribution in [2.45, 2.75) is 39.7 Å². The van der Waals surface area contributed by atoms with E-state index in [2.05, 4.69) is 41.4 Å². The maximum absolute atomic E-state index is 12.3. The average molecular weight is 347 g/mol. The van der Waals surface area contributed by atoms with Gasteiger partial charge >= 0.3 is 6.09 Å². The van der Waals surface area contributed by atoms with Crippen molar-refractivity contribution in [2.24, 2.45) is 0 Å². The van der Waals surface area contributed by atoms with E-state index in [1.165, 1.54) is 11.3 Å². The summed E-state index contributed by atoms with van der Waals surface area (Å²) in [4.78, 5) is 28.0. The zero-order chi connectivity index (χ0) is 18.4. The van der Waals surface area contributed by atoms with Crippen LogP contribution in [0.5, 0.6) is 0 Å². The molecule has 138 valence electrons. The lowest BCUT2D eigenvalue weighted by molar-refractivity contribution is -0.130. The van der Waals surface area contributed by atoms with Gasteiger partial charge in [-0.05, 0) is 38.8 Å². The Balaban J connectivity index is 1.81. The third-order valence-electron chi connectivity index (χ3n) is 4.13. The summed E-state index contributed by atoms with van der Waals surface area (Å²) in [6, 6.07) is 8.40. The number of alkyl carbamates (subject to hydrolysis) is 1. The zero-order valence-electron chi connectivity index (χ0n) is 15.7. The molecule has 6 nitrogen and oxygen atoms in total. The maximum atomic E-state index is 12.3. The molecule has 2 amide bonds. The van der Waals surface area contributed by atoms with E-state index < -0.39 is 11.7 Å². The lowest BCUT2D eigenvalue weighted by atomic mass is 10.1. The van der Waals surface area contributed by atoms with Gasteiger partial charge in [-0.1, -0.05) is 25.1 Å². The Morgan fingerprint density at radius 3 is 2.36 bits per heavy atom. The van der Waals surface area contributed by atoms with Crippen molar-refractivity contribution < 1.29 is 14.3 Å². The van der Waals surface area contributed by atoms with E-state index in [1.807, 2.05) is 0 Å². The summed E-state index contributed by atoms with van der Waals surface area (Å²) in [5.74, 6) is -0.0747. The summed E-state index contributed by atoms with van der Waals surface area (Å²) in [6.07, 6.45) is 0.436. The van der Waals surface area contributed by atoms with E-state index >= 15 is 0 Å². The number of aryl methyl sites for hydroxylation is 1. The second-order valence-electron chi connectivity index (χ2n) is 7.21. The van der Waals surface area contributed by atoms with Crippen LogP contribution in [0, 0.1) is 0 Å². The Morgan fingerprint density at radius 2 is 1.76 bits per heavy atom. The molecular weight excluding hydrogens is 318 g/mol. The van der Waals surface area contributed by atoms with Gasteiger partial charge in [-0.2, -0.15) is 0 Å². The quantitative estimate of drug-likeness (QED) is 0.909. The SMILES string of the molecule is CCc1ccccc1N1CCN(C(=O)CNC(=O)OC(C)(C)C)CC1. The number of hydrogen-bond donors (Lipinski definition) is 1. The first kappa shape index (κ1) is 19.1. The van der Waals surface area contributed by atoms with Gasteiger partial charge in [0.1, 0.15) is 12.1 Å². The maximum Gasteiger partial charge on any atom is 0.408 e. The van der Waals surface area contributed by atoms with Crippen LogP contribution < -0.4 is 10.2 Å². The molecule has 2 rings (SSSR count). The van der Waals surface area contributed by atoms with Gasteiger partial charge in [0.05, 0.1) is 0 Å². The highest BCUT2D eigenvalue weighted by Gasteiger charge is 2.23. The summed E-state index contributed by atoms with van der Waals surface area (Å²) in [7, 11) is 0. The standard InChI is InChI=1S/C19H29N3O3/c1-5-15-8-6-7-9-16(15)21-10-12-22(13-11-21)17(23)14-20-18(24)25-19(2,3)4/h6-9H,5,10-14H2,1-4H3,(H,20,24). The van der Waals surface area contributed by atoms with Gasteiger partial charge in [0.2, 0.25) is 5.91 Å². The number of nitrogens with one attached hydrogen (secondary N) is 1. The summed E-state index contributed by atoms with van der Waals surface area (Å²) >= 11 is 0. The molecule has 25 heavy (non-hydrogen) atoms. The zero-order valence-corrected chi connectivity index (χ0v) is 15.7. The van der Waals surface area contributed by atoms with Gasteiger partial charge in [-0.3, -0.25) is 4.79 Å². The van der Waals surface area contributed by atoms with Crippen LogP contribution in [0.4, 0.5) is 10.5 Å². The Labute approximate surface area is 150 Å². The first-order valence-electron chi connectivity index (χ1n) is 8.87. The molecule has 0 aliphatic carbocycles. The van der Waals surface area contributed by atoms with Crippen LogP contribution in [-0.2, 0) is 16.0 Å². The predicted octanol–water partition coefficient (Wildman–Crippen LogP) is 2.42. The molecule has 1 fully saturated rings. The van der Waals surface area contributed by atoms with E-state index in [4.69, 9.17) is 4.74 Å². The van der Waals surface area contributed by atoms with Crippen LogP contribution in [0.3, 0.4) is 0 Å². The summed E-state index contributed by atoms with van der Waals surface area (Å²) in [5.41, 5.74) is 2.02. The molecule has 1 aromatic carbocycles. The number of carbonyl (C=O) groups is 2. The Bertz CT molecular complexity index is 602. The number of rotatable bonds is 4. The van der Waals surface area contributed by atoms with Crippen LogP contribution in [0.25, 0.3) is 0 Å². The smallest absolute Gasteiger partial charge is 0.408 e. The molecule has 0 unspecified atom stereocenters. The van der Waals surface area contributed by atoms with Gasteiger partial charge < -0.3 is 19.9 Å². The number of carbonyl (C=O) groups excluding carboxylic acids is 2. The number of piperazine rings is 1. The topological polar surface area (TPSA) is 61.9 Å². The highest BCUT2D eigenvalue weighted by atomic mass is 16.6. The van der Waals surface area contributed by atoms with E-state index in [0.717, 1.165) is 19.5 Å². The molecule has 1 N–H and O–H groups in total. The molecule has 0 saturated carbocycles. The Morgan fingerprint density at radius 1 is 1.12 bits per heavy atom. The van der Waals surface area contributed by atoms with Crippen molar-refractivity contribution in [2.75, 3.05) is 37.6 Å². The Kier molecular flexibility index (Phi) is 6.28. The van der Waals surface area contributed by atoms with Crippen molar-refractivity contribution >= 4 is 17.7 Å². The molecule has 0 atom stereocenters. The largest absolute Gasteiger partial charge is 0.444 e. The fourth-order valence-corrected chi connectivity index (χ4v) is 2.89. The molecule has 0 radical (unpaired) electrons. The van der Waals surface area contributed by atoms with Gasteiger partial charge in [0.25, 0.3) is 0 Å². The highest BCUT2D eigenvalue weighted by molar-refractivity contribution is 5.82. The third kappa shape index (κ3) is 5.66. The van der Waals surface area contributed by atoms with Crippen molar-refractivity contribution in [3.8, 4) is 0 Å². The van der Waals surface area contributed by atoms with E-state index in [1.54, 1.807) is 25.7 Å². The third-order valence-corrected chi connectivity index (χ3v) is 4.13. The lowest BCUT2D eigenvalue weighted by Crippen LogP contribution is -2.51. The van der Waals surface area contributed by atoms with Crippen LogP contribution in [0.15, 0.2) is 24.3 Å².